The second kappa shape index (κ2) is 5.98. The van der Waals surface area contributed by atoms with Gasteiger partial charge in [-0.25, -0.2) is 5.43 Å². The van der Waals surface area contributed by atoms with E-state index in [1.807, 2.05) is 18.2 Å². The molecular weight excluding hydrogens is 248 g/mol. The topological polar surface area (TPSA) is 51.2 Å². The number of furan rings is 1. The zero-order valence-electron chi connectivity index (χ0n) is 12.9. The number of hydrazine groups is 1. The molecule has 0 aliphatic heterocycles. The molecule has 0 aliphatic carbocycles. The summed E-state index contributed by atoms with van der Waals surface area (Å²) < 4.78 is 5.91. The predicted molar refractivity (Wildman–Crippen MR) is 84.1 cm³/mol. The van der Waals surface area contributed by atoms with Crippen molar-refractivity contribution in [2.45, 2.75) is 46.6 Å². The second-order valence-electron chi connectivity index (χ2n) is 7.01. The lowest BCUT2D eigenvalue weighted by molar-refractivity contribution is 0.266. The number of fused-ring (bicyclic) bond motifs is 1. The minimum absolute atomic E-state index is 0.0692. The molecule has 1 heterocycles. The summed E-state index contributed by atoms with van der Waals surface area (Å²) in [4.78, 5) is 0. The molecule has 0 fully saturated rings. The van der Waals surface area contributed by atoms with Crippen molar-refractivity contribution in [2.75, 3.05) is 0 Å². The number of para-hydroxylation sites is 1. The van der Waals surface area contributed by atoms with Crippen LogP contribution in [0.15, 0.2) is 34.7 Å². The van der Waals surface area contributed by atoms with Crippen molar-refractivity contribution in [2.24, 2.45) is 17.2 Å². The number of rotatable bonds is 5. The first-order valence-electron chi connectivity index (χ1n) is 7.33. The first-order valence-corrected chi connectivity index (χ1v) is 7.33. The molecule has 2 aromatic rings. The van der Waals surface area contributed by atoms with Crippen LogP contribution in [-0.4, -0.2) is 0 Å². The van der Waals surface area contributed by atoms with Crippen molar-refractivity contribution in [1.82, 2.24) is 5.43 Å². The molecule has 3 nitrogen and oxygen atoms in total. The van der Waals surface area contributed by atoms with Crippen molar-refractivity contribution in [3.8, 4) is 0 Å². The number of nitrogens with one attached hydrogen (secondary N) is 1. The van der Waals surface area contributed by atoms with Gasteiger partial charge in [-0.05, 0) is 36.3 Å². The molecule has 110 valence electrons. The van der Waals surface area contributed by atoms with E-state index in [2.05, 4.69) is 45.3 Å². The van der Waals surface area contributed by atoms with Gasteiger partial charge in [0.2, 0.25) is 0 Å². The van der Waals surface area contributed by atoms with E-state index in [-0.39, 0.29) is 6.04 Å². The average molecular weight is 274 g/mol. The van der Waals surface area contributed by atoms with E-state index in [0.717, 1.165) is 23.2 Å². The Morgan fingerprint density at radius 1 is 1.25 bits per heavy atom. The van der Waals surface area contributed by atoms with Crippen molar-refractivity contribution in [3.05, 3.63) is 36.1 Å². The number of hydrogen-bond donors (Lipinski definition) is 2. The van der Waals surface area contributed by atoms with E-state index < -0.39 is 0 Å². The molecule has 0 radical (unpaired) electrons. The Labute approximate surface area is 121 Å². The van der Waals surface area contributed by atoms with Crippen molar-refractivity contribution >= 4 is 11.0 Å². The van der Waals surface area contributed by atoms with Crippen LogP contribution in [0.25, 0.3) is 11.0 Å². The fraction of sp³-hybridized carbons (Fsp3) is 0.529. The van der Waals surface area contributed by atoms with Gasteiger partial charge in [0.1, 0.15) is 11.3 Å². The van der Waals surface area contributed by atoms with Gasteiger partial charge in [-0.1, -0.05) is 45.9 Å². The van der Waals surface area contributed by atoms with Crippen LogP contribution < -0.4 is 11.3 Å². The first kappa shape index (κ1) is 15.1. The van der Waals surface area contributed by atoms with Gasteiger partial charge >= 0.3 is 0 Å². The molecule has 3 N–H and O–H groups in total. The third kappa shape index (κ3) is 3.84. The van der Waals surface area contributed by atoms with Gasteiger partial charge in [0.15, 0.2) is 0 Å². The Bertz CT molecular complexity index is 520. The highest BCUT2D eigenvalue weighted by Crippen LogP contribution is 2.32. The van der Waals surface area contributed by atoms with Crippen LogP contribution in [0.5, 0.6) is 0 Å². The summed E-state index contributed by atoms with van der Waals surface area (Å²) in [5.74, 6) is 7.24. The Morgan fingerprint density at radius 3 is 2.55 bits per heavy atom. The third-order valence-corrected chi connectivity index (χ3v) is 3.59. The van der Waals surface area contributed by atoms with Gasteiger partial charge in [-0.3, -0.25) is 5.84 Å². The minimum Gasteiger partial charge on any atom is -0.459 e. The SMILES string of the molecule is CC(CC(NN)c1cc2ccccc2o1)CC(C)(C)C. The lowest BCUT2D eigenvalue weighted by Crippen LogP contribution is -2.29. The smallest absolute Gasteiger partial charge is 0.134 e. The molecule has 1 aromatic carbocycles. The van der Waals surface area contributed by atoms with Crippen molar-refractivity contribution in [1.29, 1.82) is 0 Å². The molecule has 0 spiro atoms. The Hall–Kier alpha value is -1.32. The summed E-state index contributed by atoms with van der Waals surface area (Å²) >= 11 is 0. The largest absolute Gasteiger partial charge is 0.459 e. The highest BCUT2D eigenvalue weighted by molar-refractivity contribution is 5.77. The molecule has 2 atom stereocenters. The molecule has 0 aliphatic rings. The second-order valence-corrected chi connectivity index (χ2v) is 7.01. The van der Waals surface area contributed by atoms with E-state index in [4.69, 9.17) is 10.3 Å². The Morgan fingerprint density at radius 2 is 1.95 bits per heavy atom. The highest BCUT2D eigenvalue weighted by atomic mass is 16.3. The average Bonchev–Trinajstić information content (AvgIpc) is 2.77. The minimum atomic E-state index is 0.0692. The molecule has 1 aromatic heterocycles. The normalized spacial score (nSPS) is 15.4. The van der Waals surface area contributed by atoms with E-state index in [0.29, 0.717) is 11.3 Å². The van der Waals surface area contributed by atoms with Crippen molar-refractivity contribution in [3.63, 3.8) is 0 Å². The third-order valence-electron chi connectivity index (χ3n) is 3.59. The van der Waals surface area contributed by atoms with E-state index in [9.17, 15) is 0 Å². The Balaban J connectivity index is 2.11. The molecule has 0 amide bonds. The van der Waals surface area contributed by atoms with Crippen LogP contribution in [0.4, 0.5) is 0 Å². The van der Waals surface area contributed by atoms with Crippen LogP contribution in [0.3, 0.4) is 0 Å². The lowest BCUT2D eigenvalue weighted by atomic mass is 9.82. The van der Waals surface area contributed by atoms with Crippen LogP contribution in [-0.2, 0) is 0 Å². The van der Waals surface area contributed by atoms with E-state index in [1.165, 1.54) is 6.42 Å². The summed E-state index contributed by atoms with van der Waals surface area (Å²) in [6.45, 7) is 9.10. The van der Waals surface area contributed by atoms with Crippen LogP contribution >= 0.6 is 0 Å². The summed E-state index contributed by atoms with van der Waals surface area (Å²) in [5, 5.41) is 1.13. The monoisotopic (exact) mass is 274 g/mol. The first-order chi connectivity index (χ1) is 9.39. The van der Waals surface area contributed by atoms with Gasteiger partial charge in [0.05, 0.1) is 6.04 Å². The summed E-state index contributed by atoms with van der Waals surface area (Å²) in [6.07, 6.45) is 2.15. The molecule has 3 heteroatoms. The number of hydrogen-bond acceptors (Lipinski definition) is 3. The quantitative estimate of drug-likeness (QED) is 0.627. The summed E-state index contributed by atoms with van der Waals surface area (Å²) in [7, 11) is 0. The maximum Gasteiger partial charge on any atom is 0.134 e. The van der Waals surface area contributed by atoms with Gasteiger partial charge in [0.25, 0.3) is 0 Å². The maximum atomic E-state index is 5.91. The van der Waals surface area contributed by atoms with Crippen molar-refractivity contribution < 1.29 is 4.42 Å². The molecule has 2 unspecified atom stereocenters. The molecule has 0 saturated carbocycles. The summed E-state index contributed by atoms with van der Waals surface area (Å²) in [5.41, 5.74) is 4.16. The molecular formula is C17H26N2O. The zero-order valence-corrected chi connectivity index (χ0v) is 12.9. The van der Waals surface area contributed by atoms with Crippen LogP contribution in [0.1, 0.15) is 52.3 Å². The maximum absolute atomic E-state index is 5.91. The predicted octanol–water partition coefficient (Wildman–Crippen LogP) is 4.40. The molecule has 20 heavy (non-hydrogen) atoms. The highest BCUT2D eigenvalue weighted by Gasteiger charge is 2.21. The van der Waals surface area contributed by atoms with Gasteiger partial charge in [-0.15, -0.1) is 0 Å². The van der Waals surface area contributed by atoms with E-state index >= 15 is 0 Å². The molecule has 0 saturated heterocycles. The fourth-order valence-corrected chi connectivity index (χ4v) is 2.97. The van der Waals surface area contributed by atoms with Crippen LogP contribution in [0, 0.1) is 11.3 Å². The lowest BCUT2D eigenvalue weighted by Gasteiger charge is -2.25. The van der Waals surface area contributed by atoms with Gasteiger partial charge < -0.3 is 4.42 Å². The number of benzene rings is 1. The summed E-state index contributed by atoms with van der Waals surface area (Å²) in [6, 6.07) is 10.2. The van der Waals surface area contributed by atoms with Crippen LogP contribution in [0.2, 0.25) is 0 Å². The Kier molecular flexibility index (Phi) is 4.51. The fourth-order valence-electron chi connectivity index (χ4n) is 2.97. The molecule has 2 rings (SSSR count). The molecule has 0 bridgehead atoms. The van der Waals surface area contributed by atoms with E-state index in [1.54, 1.807) is 0 Å². The number of nitrogens with two attached hydrogens (primary N) is 1. The zero-order chi connectivity index (χ0) is 14.8. The van der Waals surface area contributed by atoms with Gasteiger partial charge in [-0.2, -0.15) is 0 Å². The standard InChI is InChI=1S/C17H26N2O/c1-12(11-17(2,3)4)9-14(19-18)16-10-13-7-5-6-8-15(13)20-16/h5-8,10,12,14,19H,9,11,18H2,1-4H3. The van der Waals surface area contributed by atoms with Gasteiger partial charge in [0, 0.05) is 5.39 Å².